The summed E-state index contributed by atoms with van der Waals surface area (Å²) in [7, 11) is -3.69. The number of benzene rings is 3. The Kier molecular flexibility index (Phi) is 5.80. The zero-order chi connectivity index (χ0) is 22.9. The molecule has 1 N–H and O–H groups in total. The lowest BCUT2D eigenvalue weighted by atomic mass is 10.2. The fraction of sp³-hybridized carbons (Fsp3) is 0.125. The fourth-order valence-electron chi connectivity index (χ4n) is 3.51. The van der Waals surface area contributed by atoms with Gasteiger partial charge in [0.15, 0.2) is 9.84 Å². The summed E-state index contributed by atoms with van der Waals surface area (Å²) in [6.45, 7) is 1.69. The molecule has 164 valence electrons. The molecule has 0 aliphatic rings. The Morgan fingerprint density at radius 3 is 2.44 bits per heavy atom. The Morgan fingerprint density at radius 1 is 1.00 bits per heavy atom. The van der Waals surface area contributed by atoms with Gasteiger partial charge in [0.2, 0.25) is 5.91 Å². The molecule has 0 aliphatic carbocycles. The zero-order valence-electron chi connectivity index (χ0n) is 17.2. The maximum atomic E-state index is 13.9. The number of nitrogens with one attached hydrogen (secondary N) is 1. The molecule has 0 radical (unpaired) electrons. The summed E-state index contributed by atoms with van der Waals surface area (Å²) < 4.78 is 54.8. The first-order valence-corrected chi connectivity index (χ1v) is 11.5. The molecule has 5 nitrogen and oxygen atoms in total. The predicted molar refractivity (Wildman–Crippen MR) is 119 cm³/mol. The molecule has 4 aromatic rings. The highest BCUT2D eigenvalue weighted by molar-refractivity contribution is 7.90. The van der Waals surface area contributed by atoms with Crippen LogP contribution in [0.3, 0.4) is 0 Å². The van der Waals surface area contributed by atoms with Crippen molar-refractivity contribution in [1.82, 2.24) is 4.57 Å². The first-order valence-electron chi connectivity index (χ1n) is 9.84. The molecule has 0 saturated heterocycles. The van der Waals surface area contributed by atoms with Crippen molar-refractivity contribution in [2.75, 3.05) is 5.32 Å². The van der Waals surface area contributed by atoms with Gasteiger partial charge >= 0.3 is 0 Å². The van der Waals surface area contributed by atoms with Crippen molar-refractivity contribution in [3.8, 4) is 0 Å². The van der Waals surface area contributed by atoms with E-state index in [0.717, 1.165) is 17.7 Å². The molecule has 32 heavy (non-hydrogen) atoms. The summed E-state index contributed by atoms with van der Waals surface area (Å²) in [4.78, 5) is 12.6. The number of halogens is 2. The van der Waals surface area contributed by atoms with E-state index in [4.69, 9.17) is 0 Å². The Bertz CT molecular complexity index is 1410. The lowest BCUT2D eigenvalue weighted by molar-refractivity contribution is -0.116. The van der Waals surface area contributed by atoms with Crippen LogP contribution in [0.25, 0.3) is 10.9 Å². The van der Waals surface area contributed by atoms with E-state index in [2.05, 4.69) is 5.32 Å². The van der Waals surface area contributed by atoms with Gasteiger partial charge in [0.05, 0.1) is 16.3 Å². The number of amides is 1. The molecule has 0 unspecified atom stereocenters. The van der Waals surface area contributed by atoms with Crippen LogP contribution >= 0.6 is 0 Å². The van der Waals surface area contributed by atoms with Gasteiger partial charge in [-0.1, -0.05) is 48.0 Å². The molecule has 1 aromatic heterocycles. The van der Waals surface area contributed by atoms with Crippen molar-refractivity contribution in [2.24, 2.45) is 0 Å². The normalized spacial score (nSPS) is 11.6. The number of rotatable bonds is 6. The Labute approximate surface area is 184 Å². The van der Waals surface area contributed by atoms with Crippen molar-refractivity contribution in [2.45, 2.75) is 24.1 Å². The minimum atomic E-state index is -3.69. The average Bonchev–Trinajstić information content (AvgIpc) is 3.11. The van der Waals surface area contributed by atoms with Crippen molar-refractivity contribution < 1.29 is 22.0 Å². The zero-order valence-corrected chi connectivity index (χ0v) is 18.0. The van der Waals surface area contributed by atoms with Crippen molar-refractivity contribution in [3.63, 3.8) is 0 Å². The van der Waals surface area contributed by atoms with Gasteiger partial charge in [-0.15, -0.1) is 0 Å². The van der Waals surface area contributed by atoms with E-state index in [9.17, 15) is 22.0 Å². The van der Waals surface area contributed by atoms with Crippen molar-refractivity contribution in [3.05, 3.63) is 95.7 Å². The summed E-state index contributed by atoms with van der Waals surface area (Å²) in [5.74, 6) is -2.38. The standard InChI is InChI=1S/C24H20F2N2O3S/c1-16-6-8-17(9-7-16)15-32(30,31)23-13-28(22-5-3-2-4-19(22)23)14-24(29)27-21-11-10-18(25)12-20(21)26/h2-13H,14-15H2,1H3,(H,27,29). The van der Waals surface area contributed by atoms with Crippen molar-refractivity contribution >= 4 is 32.3 Å². The molecule has 0 spiro atoms. The number of aromatic nitrogens is 1. The third kappa shape index (κ3) is 4.55. The summed E-state index contributed by atoms with van der Waals surface area (Å²) in [5.41, 5.74) is 2.10. The van der Waals surface area contributed by atoms with Crippen LogP contribution in [-0.2, 0) is 26.9 Å². The number of fused-ring (bicyclic) bond motifs is 1. The predicted octanol–water partition coefficient (Wildman–Crippen LogP) is 4.84. The smallest absolute Gasteiger partial charge is 0.244 e. The van der Waals surface area contributed by atoms with E-state index >= 15 is 0 Å². The third-order valence-electron chi connectivity index (χ3n) is 5.08. The fourth-order valence-corrected chi connectivity index (χ4v) is 5.09. The van der Waals surface area contributed by atoms with E-state index in [1.807, 2.05) is 19.1 Å². The lowest BCUT2D eigenvalue weighted by Gasteiger charge is -2.08. The SMILES string of the molecule is Cc1ccc(CS(=O)(=O)c2cn(CC(=O)Nc3ccc(F)cc3F)c3ccccc23)cc1. The van der Waals surface area contributed by atoms with Gasteiger partial charge in [0.25, 0.3) is 0 Å². The summed E-state index contributed by atoms with van der Waals surface area (Å²) in [6.07, 6.45) is 1.43. The van der Waals surface area contributed by atoms with E-state index in [-0.39, 0.29) is 22.9 Å². The van der Waals surface area contributed by atoms with Gasteiger partial charge in [-0.2, -0.15) is 0 Å². The highest BCUT2D eigenvalue weighted by atomic mass is 32.2. The monoisotopic (exact) mass is 454 g/mol. The number of hydrogen-bond donors (Lipinski definition) is 1. The number of carbonyl (C=O) groups is 1. The quantitative estimate of drug-likeness (QED) is 0.453. The van der Waals surface area contributed by atoms with E-state index < -0.39 is 27.4 Å². The average molecular weight is 454 g/mol. The second kappa shape index (κ2) is 8.55. The Balaban J connectivity index is 1.63. The van der Waals surface area contributed by atoms with E-state index in [0.29, 0.717) is 22.5 Å². The molecule has 8 heteroatoms. The molecule has 0 saturated carbocycles. The molecule has 0 fully saturated rings. The molecule has 0 aliphatic heterocycles. The highest BCUT2D eigenvalue weighted by Crippen LogP contribution is 2.28. The maximum Gasteiger partial charge on any atom is 0.244 e. The number of para-hydroxylation sites is 1. The lowest BCUT2D eigenvalue weighted by Crippen LogP contribution is -2.19. The van der Waals surface area contributed by atoms with Gasteiger partial charge in [-0.25, -0.2) is 17.2 Å². The number of hydrogen-bond acceptors (Lipinski definition) is 3. The van der Waals surface area contributed by atoms with Gasteiger partial charge in [0, 0.05) is 23.2 Å². The van der Waals surface area contributed by atoms with Crippen LogP contribution in [0.4, 0.5) is 14.5 Å². The third-order valence-corrected chi connectivity index (χ3v) is 6.79. The first-order chi connectivity index (χ1) is 15.2. The van der Waals surface area contributed by atoms with Gasteiger partial charge in [-0.3, -0.25) is 4.79 Å². The van der Waals surface area contributed by atoms with E-state index in [1.165, 1.54) is 10.8 Å². The first kappa shape index (κ1) is 21.7. The Morgan fingerprint density at radius 2 is 1.72 bits per heavy atom. The van der Waals surface area contributed by atoms with Crippen molar-refractivity contribution in [1.29, 1.82) is 0 Å². The van der Waals surface area contributed by atoms with E-state index in [1.54, 1.807) is 36.4 Å². The number of nitrogens with zero attached hydrogens (tertiary/aromatic N) is 1. The molecule has 0 bridgehead atoms. The van der Waals surface area contributed by atoms with Crippen LogP contribution in [0.15, 0.2) is 77.8 Å². The van der Waals surface area contributed by atoms with Crippen LogP contribution in [0.2, 0.25) is 0 Å². The van der Waals surface area contributed by atoms with Gasteiger partial charge in [-0.05, 0) is 30.7 Å². The highest BCUT2D eigenvalue weighted by Gasteiger charge is 2.22. The van der Waals surface area contributed by atoms with Crippen LogP contribution < -0.4 is 5.32 Å². The number of carbonyl (C=O) groups excluding carboxylic acids is 1. The molecule has 0 atom stereocenters. The van der Waals surface area contributed by atoms with Crippen LogP contribution in [0.1, 0.15) is 11.1 Å². The van der Waals surface area contributed by atoms with Crippen LogP contribution in [0.5, 0.6) is 0 Å². The second-order valence-corrected chi connectivity index (χ2v) is 9.51. The molecule has 1 heterocycles. The Hall–Kier alpha value is -3.52. The minimum absolute atomic E-state index is 0.120. The van der Waals surface area contributed by atoms with Gasteiger partial charge < -0.3 is 9.88 Å². The summed E-state index contributed by atoms with van der Waals surface area (Å²) in [6, 6.07) is 17.0. The topological polar surface area (TPSA) is 68.2 Å². The largest absolute Gasteiger partial charge is 0.337 e. The number of sulfone groups is 1. The van der Waals surface area contributed by atoms with Gasteiger partial charge in [0.1, 0.15) is 18.2 Å². The van der Waals surface area contributed by atoms with Crippen LogP contribution in [-0.4, -0.2) is 18.9 Å². The molecular formula is C24H20F2N2O3S. The molecule has 3 aromatic carbocycles. The number of aryl methyl sites for hydroxylation is 1. The molecule has 4 rings (SSSR count). The second-order valence-electron chi connectivity index (χ2n) is 7.56. The molecular weight excluding hydrogens is 434 g/mol. The van der Waals surface area contributed by atoms with Crippen LogP contribution in [0, 0.1) is 18.6 Å². The minimum Gasteiger partial charge on any atom is -0.337 e. The number of anilines is 1. The molecule has 1 amide bonds. The summed E-state index contributed by atoms with van der Waals surface area (Å²) in [5, 5.41) is 2.89. The maximum absolute atomic E-state index is 13.9. The summed E-state index contributed by atoms with van der Waals surface area (Å²) >= 11 is 0.